The summed E-state index contributed by atoms with van der Waals surface area (Å²) in [5, 5.41) is 10.8. The van der Waals surface area contributed by atoms with E-state index in [1.54, 1.807) is 14.0 Å². The third-order valence-electron chi connectivity index (χ3n) is 4.97. The van der Waals surface area contributed by atoms with Crippen LogP contribution < -0.4 is 15.6 Å². The van der Waals surface area contributed by atoms with Crippen LogP contribution in [0.5, 0.6) is 5.75 Å². The van der Waals surface area contributed by atoms with Crippen LogP contribution in [0.2, 0.25) is 0 Å². The average Bonchev–Trinajstić information content (AvgIpc) is 2.71. The molecule has 8 nitrogen and oxygen atoms in total. The molecule has 0 radical (unpaired) electrons. The highest BCUT2D eigenvalue weighted by Gasteiger charge is 2.25. The molecule has 0 fully saturated rings. The van der Waals surface area contributed by atoms with Crippen molar-refractivity contribution in [3.8, 4) is 5.75 Å². The maximum Gasteiger partial charge on any atom is 0.275 e. The Morgan fingerprint density at radius 1 is 1.17 bits per heavy atom. The molecule has 1 aromatic heterocycles. The van der Waals surface area contributed by atoms with Gasteiger partial charge in [-0.1, -0.05) is 38.3 Å². The number of amides is 1. The van der Waals surface area contributed by atoms with E-state index in [0.717, 1.165) is 30.6 Å². The zero-order valence-corrected chi connectivity index (χ0v) is 18.0. The van der Waals surface area contributed by atoms with E-state index in [1.165, 1.54) is 6.92 Å². The highest BCUT2D eigenvalue weighted by atomic mass is 16.5. The van der Waals surface area contributed by atoms with Gasteiger partial charge in [0.15, 0.2) is 0 Å². The number of methoxy groups -OCH3 is 1. The van der Waals surface area contributed by atoms with E-state index in [4.69, 9.17) is 4.74 Å². The molecule has 2 unspecified atom stereocenters. The quantitative estimate of drug-likeness (QED) is 0.432. The number of unbranched alkanes of at least 4 members (excludes halogenated alkanes) is 2. The minimum atomic E-state index is -0.708. The highest BCUT2D eigenvalue weighted by molar-refractivity contribution is 6.00. The predicted molar refractivity (Wildman–Crippen MR) is 113 cm³/mol. The van der Waals surface area contributed by atoms with Crippen molar-refractivity contribution in [2.24, 2.45) is 5.92 Å². The number of aromatic amines is 1. The molecule has 0 aliphatic carbocycles. The van der Waals surface area contributed by atoms with Crippen molar-refractivity contribution in [3.05, 3.63) is 51.7 Å². The fourth-order valence-electron chi connectivity index (χ4n) is 3.18. The van der Waals surface area contributed by atoms with Crippen LogP contribution in [0.1, 0.15) is 69.6 Å². The lowest BCUT2D eigenvalue weighted by atomic mass is 9.96. The first kappa shape index (κ1) is 23.3. The summed E-state index contributed by atoms with van der Waals surface area (Å²) in [4.78, 5) is 39.6. The molecule has 8 heteroatoms. The number of nitrogens with zero attached hydrogens (tertiary/aromatic N) is 2. The molecule has 162 valence electrons. The van der Waals surface area contributed by atoms with Gasteiger partial charge in [-0.2, -0.15) is 0 Å². The van der Waals surface area contributed by atoms with Gasteiger partial charge in [0.2, 0.25) is 5.91 Å². The number of nitrogens with one attached hydrogen (secondary N) is 2. The van der Waals surface area contributed by atoms with E-state index < -0.39 is 17.5 Å². The first-order valence-corrected chi connectivity index (χ1v) is 10.2. The van der Waals surface area contributed by atoms with Crippen LogP contribution in [0.3, 0.4) is 0 Å². The van der Waals surface area contributed by atoms with Crippen molar-refractivity contribution in [1.82, 2.24) is 20.5 Å². The van der Waals surface area contributed by atoms with Crippen molar-refractivity contribution >= 4 is 11.7 Å². The number of carbonyl (C=O) groups is 2. The van der Waals surface area contributed by atoms with Gasteiger partial charge < -0.3 is 15.0 Å². The molecule has 2 N–H and O–H groups in total. The topological polar surface area (TPSA) is 114 Å². The second kappa shape index (κ2) is 11.2. The van der Waals surface area contributed by atoms with Gasteiger partial charge in [0.1, 0.15) is 23.1 Å². The lowest BCUT2D eigenvalue weighted by Gasteiger charge is -2.17. The molecule has 0 aliphatic rings. The van der Waals surface area contributed by atoms with Gasteiger partial charge in [0.25, 0.3) is 5.56 Å². The second-order valence-electron chi connectivity index (χ2n) is 7.40. The number of H-pyrrole nitrogens is 1. The summed E-state index contributed by atoms with van der Waals surface area (Å²) in [6, 6.07) is 6.78. The predicted octanol–water partition coefficient (Wildman–Crippen LogP) is 2.73. The Bertz CT molecular complexity index is 908. The Balaban J connectivity index is 2.04. The van der Waals surface area contributed by atoms with Crippen LogP contribution >= 0.6 is 0 Å². The molecule has 1 aromatic carbocycles. The highest BCUT2D eigenvalue weighted by Crippen LogP contribution is 2.15. The summed E-state index contributed by atoms with van der Waals surface area (Å²) in [7, 11) is 1.60. The summed E-state index contributed by atoms with van der Waals surface area (Å²) in [5.41, 5.74) is 0.649. The number of carbonyl (C=O) groups excluding carboxylic acids is 2. The number of benzene rings is 1. The van der Waals surface area contributed by atoms with E-state index in [9.17, 15) is 14.4 Å². The van der Waals surface area contributed by atoms with Crippen LogP contribution in [0.15, 0.2) is 29.1 Å². The Labute approximate surface area is 176 Å². The molecule has 0 spiro atoms. The zero-order chi connectivity index (χ0) is 22.1. The number of rotatable bonds is 11. The van der Waals surface area contributed by atoms with E-state index in [0.29, 0.717) is 18.7 Å². The van der Waals surface area contributed by atoms with Crippen LogP contribution in [0.4, 0.5) is 0 Å². The van der Waals surface area contributed by atoms with E-state index in [2.05, 4.69) is 27.4 Å². The van der Waals surface area contributed by atoms with Gasteiger partial charge in [0.05, 0.1) is 19.1 Å². The van der Waals surface area contributed by atoms with Gasteiger partial charge in [0, 0.05) is 6.42 Å². The molecule has 0 aliphatic heterocycles. The van der Waals surface area contributed by atoms with Crippen molar-refractivity contribution in [2.75, 3.05) is 7.11 Å². The fraction of sp³-hybridized carbons (Fsp3) is 0.500. The monoisotopic (exact) mass is 414 g/mol. The number of Topliss-reactive ketones (excluding diaryl/α,β-unsaturated/α-hetero) is 1. The van der Waals surface area contributed by atoms with E-state index in [1.807, 2.05) is 24.3 Å². The number of ketones is 1. The van der Waals surface area contributed by atoms with Gasteiger partial charge >= 0.3 is 0 Å². The molecule has 2 aromatic rings. The zero-order valence-electron chi connectivity index (χ0n) is 18.0. The maximum atomic E-state index is 12.5. The standard InChI is InChI=1S/C22H30N4O4/c1-5-6-7-8-18(15(3)27)21(28)23-14(2)20-22(29)24-19(25-26-20)13-16-9-11-17(30-4)12-10-16/h9-12,14,18H,5-8,13H2,1-4H3,(H,23,28)(H,24,25,29). The maximum absolute atomic E-state index is 12.5. The Morgan fingerprint density at radius 2 is 1.87 bits per heavy atom. The minimum Gasteiger partial charge on any atom is -0.497 e. The lowest BCUT2D eigenvalue weighted by Crippen LogP contribution is -2.38. The Hall–Kier alpha value is -3.03. The third-order valence-corrected chi connectivity index (χ3v) is 4.97. The molecule has 1 amide bonds. The van der Waals surface area contributed by atoms with Gasteiger partial charge in [-0.15, -0.1) is 10.2 Å². The average molecular weight is 415 g/mol. The molecule has 2 atom stereocenters. The number of hydrogen-bond donors (Lipinski definition) is 2. The largest absolute Gasteiger partial charge is 0.497 e. The van der Waals surface area contributed by atoms with Crippen LogP contribution in [-0.4, -0.2) is 34.0 Å². The number of hydrogen-bond acceptors (Lipinski definition) is 6. The molecule has 0 saturated carbocycles. The van der Waals surface area contributed by atoms with E-state index >= 15 is 0 Å². The fourth-order valence-corrected chi connectivity index (χ4v) is 3.18. The van der Waals surface area contributed by atoms with Crippen LogP contribution in [0, 0.1) is 5.92 Å². The molecule has 1 heterocycles. The minimum absolute atomic E-state index is 0.109. The molecular formula is C22H30N4O4. The van der Waals surface area contributed by atoms with Crippen LogP contribution in [0.25, 0.3) is 0 Å². The number of aromatic nitrogens is 3. The lowest BCUT2D eigenvalue weighted by molar-refractivity contribution is -0.133. The second-order valence-corrected chi connectivity index (χ2v) is 7.40. The van der Waals surface area contributed by atoms with Crippen molar-refractivity contribution < 1.29 is 14.3 Å². The summed E-state index contributed by atoms with van der Waals surface area (Å²) in [6.45, 7) is 5.14. The summed E-state index contributed by atoms with van der Waals surface area (Å²) >= 11 is 0. The normalized spacial score (nSPS) is 12.8. The summed E-state index contributed by atoms with van der Waals surface area (Å²) < 4.78 is 5.13. The SMILES string of the molecule is CCCCCC(C(C)=O)C(=O)NC(C)c1nnc(Cc2ccc(OC)cc2)[nH]c1=O. The molecular weight excluding hydrogens is 384 g/mol. The summed E-state index contributed by atoms with van der Waals surface area (Å²) in [5.74, 6) is -0.0916. The molecule has 0 bridgehead atoms. The third kappa shape index (κ3) is 6.50. The summed E-state index contributed by atoms with van der Waals surface area (Å²) in [6.07, 6.45) is 3.70. The van der Waals surface area contributed by atoms with Crippen molar-refractivity contribution in [2.45, 2.75) is 58.9 Å². The Kier molecular flexibility index (Phi) is 8.70. The smallest absolute Gasteiger partial charge is 0.275 e. The molecule has 0 saturated heterocycles. The van der Waals surface area contributed by atoms with Crippen molar-refractivity contribution in [3.63, 3.8) is 0 Å². The molecule has 30 heavy (non-hydrogen) atoms. The van der Waals surface area contributed by atoms with Crippen molar-refractivity contribution in [1.29, 1.82) is 0 Å². The van der Waals surface area contributed by atoms with Gasteiger partial charge in [-0.25, -0.2) is 0 Å². The van der Waals surface area contributed by atoms with E-state index in [-0.39, 0.29) is 17.4 Å². The van der Waals surface area contributed by atoms with Gasteiger partial charge in [-0.3, -0.25) is 14.4 Å². The van der Waals surface area contributed by atoms with Gasteiger partial charge in [-0.05, 0) is 38.0 Å². The first-order chi connectivity index (χ1) is 14.3. The molecule has 2 rings (SSSR count). The number of ether oxygens (including phenoxy) is 1. The van der Waals surface area contributed by atoms with Crippen LogP contribution in [-0.2, 0) is 16.0 Å². The first-order valence-electron chi connectivity index (χ1n) is 10.2. The Morgan fingerprint density at radius 3 is 2.43 bits per heavy atom.